The van der Waals surface area contributed by atoms with Crippen molar-refractivity contribution >= 4 is 22.5 Å². The van der Waals surface area contributed by atoms with E-state index in [1.165, 1.54) is 32.4 Å². The predicted molar refractivity (Wildman–Crippen MR) is 159 cm³/mol. The number of fused-ring (bicyclic) bond motifs is 1. The smallest absolute Gasteiger partial charge is 0.319 e. The molecule has 0 radical (unpaired) electrons. The third kappa shape index (κ3) is 6.53. The highest BCUT2D eigenvalue weighted by atomic mass is 16.5. The molecule has 0 atom stereocenters. The average Bonchev–Trinajstić information content (AvgIpc) is 3.52. The van der Waals surface area contributed by atoms with Crippen molar-refractivity contribution in [3.05, 3.63) is 90.8 Å². The molecular formula is C32H32N6O3. The molecule has 0 aliphatic carbocycles. The average molecular weight is 549 g/mol. The van der Waals surface area contributed by atoms with Gasteiger partial charge in [-0.25, -0.2) is 4.79 Å². The number of carbonyl (C=O) groups excluding carboxylic acids is 1. The Morgan fingerprint density at radius 1 is 0.902 bits per heavy atom. The van der Waals surface area contributed by atoms with Crippen molar-refractivity contribution in [1.29, 1.82) is 0 Å². The Bertz CT molecular complexity index is 1600. The molecule has 2 aromatic heterocycles. The van der Waals surface area contributed by atoms with Gasteiger partial charge in [0.25, 0.3) is 5.89 Å². The van der Waals surface area contributed by atoms with Crippen molar-refractivity contribution in [2.75, 3.05) is 31.6 Å². The second kappa shape index (κ2) is 12.6. The standard InChI is InChI=1S/C32H32N6O3/c39-32(34-22-23-14-16-33-17-15-23)35-29-13-12-28(26-6-2-3-7-27(26)29)31-36-30(37-41-31)24-8-10-25(11-9-24)40-21-20-38-18-4-1-5-19-38/h2-3,6-17H,1,4-5,18-22H2,(H2,34,35,39). The van der Waals surface area contributed by atoms with E-state index in [2.05, 4.69) is 30.7 Å². The van der Waals surface area contributed by atoms with Gasteiger partial charge >= 0.3 is 6.03 Å². The first-order valence-electron chi connectivity index (χ1n) is 14.0. The van der Waals surface area contributed by atoms with Gasteiger partial charge in [0.1, 0.15) is 12.4 Å². The molecule has 1 aliphatic heterocycles. The van der Waals surface area contributed by atoms with Crippen LogP contribution >= 0.6 is 0 Å². The first-order valence-corrected chi connectivity index (χ1v) is 14.0. The van der Waals surface area contributed by atoms with Crippen LogP contribution in [0.1, 0.15) is 24.8 Å². The molecule has 1 saturated heterocycles. The van der Waals surface area contributed by atoms with E-state index in [-0.39, 0.29) is 6.03 Å². The van der Waals surface area contributed by atoms with Crippen LogP contribution in [0.2, 0.25) is 0 Å². The van der Waals surface area contributed by atoms with Gasteiger partial charge in [-0.2, -0.15) is 4.98 Å². The molecular weight excluding hydrogens is 516 g/mol. The zero-order chi connectivity index (χ0) is 27.9. The number of carbonyl (C=O) groups is 1. The summed E-state index contributed by atoms with van der Waals surface area (Å²) in [5.41, 5.74) is 3.29. The van der Waals surface area contributed by atoms with Gasteiger partial charge in [-0.3, -0.25) is 9.88 Å². The molecule has 9 heteroatoms. The van der Waals surface area contributed by atoms with Gasteiger partial charge < -0.3 is 19.9 Å². The lowest BCUT2D eigenvalue weighted by Crippen LogP contribution is -2.33. The van der Waals surface area contributed by atoms with Gasteiger partial charge in [0.2, 0.25) is 5.82 Å². The van der Waals surface area contributed by atoms with Crippen LogP contribution in [-0.2, 0) is 6.54 Å². The maximum absolute atomic E-state index is 12.6. The Morgan fingerprint density at radius 3 is 2.49 bits per heavy atom. The van der Waals surface area contributed by atoms with Crippen LogP contribution in [-0.4, -0.2) is 52.3 Å². The Kier molecular flexibility index (Phi) is 8.14. The number of amides is 2. The largest absolute Gasteiger partial charge is 0.492 e. The zero-order valence-corrected chi connectivity index (χ0v) is 22.8. The van der Waals surface area contributed by atoms with Gasteiger partial charge in [0.15, 0.2) is 0 Å². The first-order chi connectivity index (χ1) is 20.2. The van der Waals surface area contributed by atoms with E-state index >= 15 is 0 Å². The molecule has 0 spiro atoms. The maximum Gasteiger partial charge on any atom is 0.319 e. The van der Waals surface area contributed by atoms with E-state index < -0.39 is 0 Å². The minimum absolute atomic E-state index is 0.293. The van der Waals surface area contributed by atoms with Gasteiger partial charge in [0, 0.05) is 42.0 Å². The number of hydrogen-bond acceptors (Lipinski definition) is 7. The number of ether oxygens (including phenoxy) is 1. The molecule has 1 fully saturated rings. The van der Waals surface area contributed by atoms with Crippen molar-refractivity contribution in [2.24, 2.45) is 0 Å². The molecule has 5 aromatic rings. The van der Waals surface area contributed by atoms with Crippen molar-refractivity contribution in [1.82, 2.24) is 25.3 Å². The van der Waals surface area contributed by atoms with Crippen LogP contribution in [0.15, 0.2) is 89.7 Å². The van der Waals surface area contributed by atoms with Gasteiger partial charge in [-0.15, -0.1) is 0 Å². The van der Waals surface area contributed by atoms with E-state index in [0.29, 0.717) is 30.6 Å². The monoisotopic (exact) mass is 548 g/mol. The maximum atomic E-state index is 12.6. The lowest BCUT2D eigenvalue weighted by atomic mass is 10.0. The number of aromatic nitrogens is 3. The second-order valence-electron chi connectivity index (χ2n) is 10.1. The first kappa shape index (κ1) is 26.5. The number of nitrogens with zero attached hydrogens (tertiary/aromatic N) is 4. The Balaban J connectivity index is 1.12. The van der Waals surface area contributed by atoms with Crippen LogP contribution in [0.25, 0.3) is 33.6 Å². The van der Waals surface area contributed by atoms with Crippen LogP contribution in [0.4, 0.5) is 10.5 Å². The topological polar surface area (TPSA) is 105 Å². The molecule has 2 amide bonds. The summed E-state index contributed by atoms with van der Waals surface area (Å²) in [7, 11) is 0. The molecule has 2 N–H and O–H groups in total. The minimum Gasteiger partial charge on any atom is -0.492 e. The highest BCUT2D eigenvalue weighted by Crippen LogP contribution is 2.33. The van der Waals surface area contributed by atoms with Gasteiger partial charge in [-0.1, -0.05) is 35.8 Å². The van der Waals surface area contributed by atoms with E-state index in [1.54, 1.807) is 12.4 Å². The van der Waals surface area contributed by atoms with Crippen LogP contribution in [0.3, 0.4) is 0 Å². The van der Waals surface area contributed by atoms with Crippen molar-refractivity contribution in [3.8, 4) is 28.6 Å². The molecule has 6 rings (SSSR count). The molecule has 0 unspecified atom stereocenters. The number of benzene rings is 3. The predicted octanol–water partition coefficient (Wildman–Crippen LogP) is 6.14. The summed E-state index contributed by atoms with van der Waals surface area (Å²) in [5.74, 6) is 1.74. The summed E-state index contributed by atoms with van der Waals surface area (Å²) >= 11 is 0. The van der Waals surface area contributed by atoms with E-state index in [4.69, 9.17) is 9.26 Å². The lowest BCUT2D eigenvalue weighted by Gasteiger charge is -2.26. The fraction of sp³-hybridized carbons (Fsp3) is 0.250. The normalized spacial score (nSPS) is 13.7. The Hall–Kier alpha value is -4.76. The zero-order valence-electron chi connectivity index (χ0n) is 22.8. The second-order valence-corrected chi connectivity index (χ2v) is 10.1. The van der Waals surface area contributed by atoms with Crippen molar-refractivity contribution in [3.63, 3.8) is 0 Å². The molecule has 9 nitrogen and oxygen atoms in total. The van der Waals surface area contributed by atoms with E-state index in [9.17, 15) is 4.79 Å². The number of rotatable bonds is 9. The minimum atomic E-state index is -0.293. The van der Waals surface area contributed by atoms with E-state index in [0.717, 1.165) is 39.8 Å². The summed E-state index contributed by atoms with van der Waals surface area (Å²) < 4.78 is 11.6. The van der Waals surface area contributed by atoms with Crippen LogP contribution in [0.5, 0.6) is 5.75 Å². The number of urea groups is 1. The molecule has 3 aromatic carbocycles. The summed E-state index contributed by atoms with van der Waals surface area (Å²) in [6.45, 7) is 4.37. The summed E-state index contributed by atoms with van der Waals surface area (Å²) in [6.07, 6.45) is 7.30. The molecule has 0 bridgehead atoms. The molecule has 1 aliphatic rings. The van der Waals surface area contributed by atoms with Crippen molar-refractivity contribution in [2.45, 2.75) is 25.8 Å². The SMILES string of the molecule is O=C(NCc1ccncc1)Nc1ccc(-c2nc(-c3ccc(OCCN4CCCCC4)cc3)no2)c2ccccc12. The summed E-state index contributed by atoms with van der Waals surface area (Å²) in [5, 5.41) is 11.8. The Morgan fingerprint density at radius 2 is 1.68 bits per heavy atom. The number of piperidine rings is 1. The summed E-state index contributed by atoms with van der Waals surface area (Å²) in [6, 6.07) is 22.8. The molecule has 208 valence electrons. The fourth-order valence-electron chi connectivity index (χ4n) is 5.07. The molecule has 3 heterocycles. The number of anilines is 1. The summed E-state index contributed by atoms with van der Waals surface area (Å²) in [4.78, 5) is 23.8. The van der Waals surface area contributed by atoms with Gasteiger partial charge in [0.05, 0.1) is 5.69 Å². The fourth-order valence-corrected chi connectivity index (χ4v) is 5.07. The quantitative estimate of drug-likeness (QED) is 0.228. The number of likely N-dealkylation sites (tertiary alicyclic amines) is 1. The number of nitrogens with one attached hydrogen (secondary N) is 2. The number of pyridine rings is 1. The van der Waals surface area contributed by atoms with E-state index in [1.807, 2.05) is 72.8 Å². The highest BCUT2D eigenvalue weighted by molar-refractivity contribution is 6.06. The molecule has 0 saturated carbocycles. The molecule has 41 heavy (non-hydrogen) atoms. The Labute approximate surface area is 238 Å². The third-order valence-corrected chi connectivity index (χ3v) is 7.27. The third-order valence-electron chi connectivity index (χ3n) is 7.27. The van der Waals surface area contributed by atoms with Crippen LogP contribution in [0, 0.1) is 0 Å². The van der Waals surface area contributed by atoms with Crippen LogP contribution < -0.4 is 15.4 Å². The lowest BCUT2D eigenvalue weighted by molar-refractivity contribution is 0.183. The van der Waals surface area contributed by atoms with Crippen molar-refractivity contribution < 1.29 is 14.1 Å². The van der Waals surface area contributed by atoms with Gasteiger partial charge in [-0.05, 0) is 85.4 Å². The number of hydrogen-bond donors (Lipinski definition) is 2. The highest BCUT2D eigenvalue weighted by Gasteiger charge is 2.16.